The maximum Gasteiger partial charge on any atom is 0.283 e. The van der Waals surface area contributed by atoms with Crippen molar-refractivity contribution in [2.24, 2.45) is 10.1 Å². The minimum Gasteiger partial charge on any atom is -0.318 e. The van der Waals surface area contributed by atoms with Gasteiger partial charge in [-0.2, -0.15) is 15.1 Å². The smallest absolute Gasteiger partial charge is 0.283 e. The summed E-state index contributed by atoms with van der Waals surface area (Å²) < 4.78 is 2.11. The lowest BCUT2D eigenvalue weighted by atomic mass is 10.1. The number of aromatic nitrogens is 1. The van der Waals surface area contributed by atoms with Crippen molar-refractivity contribution in [3.05, 3.63) is 92.8 Å². The summed E-state index contributed by atoms with van der Waals surface area (Å²) in [7, 11) is 0. The monoisotopic (exact) mass is 487 g/mol. The van der Waals surface area contributed by atoms with Crippen LogP contribution in [0.25, 0.3) is 11.8 Å². The summed E-state index contributed by atoms with van der Waals surface area (Å²) in [5.74, 6) is -0.415. The molecule has 0 unspecified atom stereocenters. The molecule has 34 heavy (non-hydrogen) atoms. The van der Waals surface area contributed by atoms with Gasteiger partial charge in [-0.3, -0.25) is 10.2 Å². The highest BCUT2D eigenvalue weighted by molar-refractivity contribution is 8.27. The molecule has 3 aromatic rings. The minimum absolute atomic E-state index is 0.0221. The molecule has 0 saturated heterocycles. The van der Waals surface area contributed by atoms with E-state index in [-0.39, 0.29) is 11.4 Å². The lowest BCUT2D eigenvalue weighted by molar-refractivity contribution is -0.114. The molecule has 5 rings (SSSR count). The van der Waals surface area contributed by atoms with Crippen molar-refractivity contribution in [2.45, 2.75) is 27.7 Å². The number of nitrogens with one attached hydrogen (secondary N) is 1. The van der Waals surface area contributed by atoms with Crippen LogP contribution in [0.5, 0.6) is 0 Å². The first-order valence-corrected chi connectivity index (χ1v) is 11.9. The van der Waals surface area contributed by atoms with Crippen LogP contribution in [0.3, 0.4) is 0 Å². The van der Waals surface area contributed by atoms with Crippen molar-refractivity contribution in [1.82, 2.24) is 9.58 Å². The fourth-order valence-electron chi connectivity index (χ4n) is 4.17. The SMILES string of the molecule is Cc1cccc(C2=NN3C(=N)C(=Cc4cc(C)n(-c5cc(Cl)ccc5C)c4C)C(=O)N=C3S2)c1. The zero-order chi connectivity index (χ0) is 24.1. The Morgan fingerprint density at radius 3 is 2.62 bits per heavy atom. The van der Waals surface area contributed by atoms with Crippen LogP contribution in [0.1, 0.15) is 33.6 Å². The highest BCUT2D eigenvalue weighted by Gasteiger charge is 2.36. The molecule has 170 valence electrons. The Morgan fingerprint density at radius 1 is 1.06 bits per heavy atom. The average molecular weight is 488 g/mol. The number of halogens is 1. The van der Waals surface area contributed by atoms with Gasteiger partial charge < -0.3 is 4.57 Å². The second kappa shape index (κ2) is 8.42. The molecule has 0 atom stereocenters. The number of aliphatic imine (C=N–C) groups is 1. The Labute approximate surface area is 207 Å². The number of carbonyl (C=O) groups excluding carboxylic acids is 1. The van der Waals surface area contributed by atoms with Crippen LogP contribution in [0, 0.1) is 33.1 Å². The fourth-order valence-corrected chi connectivity index (χ4v) is 5.22. The third kappa shape index (κ3) is 3.81. The van der Waals surface area contributed by atoms with Gasteiger partial charge in [0.15, 0.2) is 5.84 Å². The molecule has 1 aromatic heterocycles. The third-order valence-electron chi connectivity index (χ3n) is 5.90. The van der Waals surface area contributed by atoms with E-state index < -0.39 is 5.91 Å². The van der Waals surface area contributed by atoms with E-state index in [1.807, 2.05) is 76.2 Å². The van der Waals surface area contributed by atoms with E-state index in [1.165, 1.54) is 16.8 Å². The van der Waals surface area contributed by atoms with Crippen molar-refractivity contribution in [3.63, 3.8) is 0 Å². The van der Waals surface area contributed by atoms with Gasteiger partial charge >= 0.3 is 0 Å². The number of hydrogen-bond donors (Lipinski definition) is 1. The number of hydrogen-bond acceptors (Lipinski definition) is 4. The summed E-state index contributed by atoms with van der Waals surface area (Å²) in [6, 6.07) is 15.8. The number of carbonyl (C=O) groups is 1. The molecule has 6 nitrogen and oxygen atoms in total. The number of hydrazone groups is 1. The minimum atomic E-state index is -0.437. The zero-order valence-electron chi connectivity index (χ0n) is 19.2. The maximum absolute atomic E-state index is 12.9. The van der Waals surface area contributed by atoms with E-state index in [2.05, 4.69) is 14.7 Å². The number of nitrogens with zero attached hydrogens (tertiary/aromatic N) is 4. The summed E-state index contributed by atoms with van der Waals surface area (Å²) in [5.41, 5.74) is 7.14. The van der Waals surface area contributed by atoms with Gasteiger partial charge in [0.2, 0.25) is 5.17 Å². The zero-order valence-corrected chi connectivity index (χ0v) is 20.8. The molecule has 8 heteroatoms. The molecule has 1 amide bonds. The van der Waals surface area contributed by atoms with Crippen LogP contribution < -0.4 is 0 Å². The normalized spacial score (nSPS) is 16.7. The quantitative estimate of drug-likeness (QED) is 0.458. The fraction of sp³-hybridized carbons (Fsp3) is 0.154. The van der Waals surface area contributed by atoms with E-state index in [4.69, 9.17) is 17.0 Å². The summed E-state index contributed by atoms with van der Waals surface area (Å²) in [6.45, 7) is 8.05. The first kappa shape index (κ1) is 22.4. The molecule has 1 N–H and O–H groups in total. The van der Waals surface area contributed by atoms with Gasteiger partial charge in [0.25, 0.3) is 5.91 Å². The molecular formula is C26H22ClN5OS. The highest BCUT2D eigenvalue weighted by atomic mass is 35.5. The van der Waals surface area contributed by atoms with Crippen LogP contribution in [0.15, 0.2) is 64.2 Å². The Balaban J connectivity index is 1.53. The number of thioether (sulfide) groups is 1. The molecule has 2 aliphatic heterocycles. The third-order valence-corrected chi connectivity index (χ3v) is 7.09. The Bertz CT molecular complexity index is 1480. The summed E-state index contributed by atoms with van der Waals surface area (Å²) >= 11 is 7.56. The number of fused-ring (bicyclic) bond motifs is 1. The first-order chi connectivity index (χ1) is 16.2. The van der Waals surface area contributed by atoms with Crippen molar-refractivity contribution in [1.29, 1.82) is 5.41 Å². The maximum atomic E-state index is 12.9. The molecule has 0 aliphatic carbocycles. The second-order valence-corrected chi connectivity index (χ2v) is 9.78. The van der Waals surface area contributed by atoms with E-state index in [0.29, 0.717) is 10.2 Å². The molecule has 0 saturated carbocycles. The molecule has 2 aromatic carbocycles. The molecule has 0 spiro atoms. The lowest BCUT2D eigenvalue weighted by Crippen LogP contribution is -2.35. The predicted octanol–water partition coefficient (Wildman–Crippen LogP) is 6.03. The second-order valence-electron chi connectivity index (χ2n) is 8.39. The van der Waals surface area contributed by atoms with Crippen LogP contribution in [0.4, 0.5) is 0 Å². The van der Waals surface area contributed by atoms with E-state index in [9.17, 15) is 4.79 Å². The Hall–Kier alpha value is -3.42. The highest BCUT2D eigenvalue weighted by Crippen LogP contribution is 2.32. The molecular weight excluding hydrogens is 466 g/mol. The Kier molecular flexibility index (Phi) is 5.54. The largest absolute Gasteiger partial charge is 0.318 e. The van der Waals surface area contributed by atoms with E-state index >= 15 is 0 Å². The topological polar surface area (TPSA) is 73.8 Å². The number of benzene rings is 2. The standard InChI is InChI=1S/C26H22ClN5OS/c1-14-6-5-7-18(10-14)25-30-32-23(28)21(24(33)29-26(32)34-25)12-19-11-16(3)31(17(19)4)22-13-20(27)9-8-15(22)2/h5-13,28H,1-4H3. The molecule has 3 heterocycles. The van der Waals surface area contributed by atoms with Gasteiger partial charge in [-0.1, -0.05) is 41.4 Å². The number of amidine groups is 2. The van der Waals surface area contributed by atoms with Crippen LogP contribution >= 0.6 is 23.4 Å². The first-order valence-electron chi connectivity index (χ1n) is 10.8. The van der Waals surface area contributed by atoms with Gasteiger partial charge in [0.05, 0.1) is 5.57 Å². The van der Waals surface area contributed by atoms with Crippen LogP contribution in [-0.2, 0) is 4.79 Å². The van der Waals surface area contributed by atoms with E-state index in [0.717, 1.165) is 44.4 Å². The average Bonchev–Trinajstić information content (AvgIpc) is 3.33. The van der Waals surface area contributed by atoms with Gasteiger partial charge in [-0.25, -0.2) is 0 Å². The molecule has 0 fully saturated rings. The van der Waals surface area contributed by atoms with Crippen molar-refractivity contribution >= 4 is 51.4 Å². The Morgan fingerprint density at radius 2 is 1.85 bits per heavy atom. The van der Waals surface area contributed by atoms with Gasteiger partial charge in [0.1, 0.15) is 5.04 Å². The molecule has 0 bridgehead atoms. The summed E-state index contributed by atoms with van der Waals surface area (Å²) in [4.78, 5) is 17.1. The van der Waals surface area contributed by atoms with Crippen LogP contribution in [0.2, 0.25) is 5.02 Å². The van der Waals surface area contributed by atoms with Crippen molar-refractivity contribution < 1.29 is 4.79 Å². The van der Waals surface area contributed by atoms with E-state index in [1.54, 1.807) is 6.08 Å². The molecule has 2 aliphatic rings. The summed E-state index contributed by atoms with van der Waals surface area (Å²) in [5, 5.41) is 16.5. The van der Waals surface area contributed by atoms with Gasteiger partial charge in [-0.15, -0.1) is 0 Å². The number of aryl methyl sites for hydroxylation is 3. The lowest BCUT2D eigenvalue weighted by Gasteiger charge is -2.20. The van der Waals surface area contributed by atoms with Gasteiger partial charge in [-0.05, 0) is 80.9 Å². The van der Waals surface area contributed by atoms with Gasteiger partial charge in [0, 0.05) is 27.7 Å². The van der Waals surface area contributed by atoms with Crippen molar-refractivity contribution in [3.8, 4) is 5.69 Å². The van der Waals surface area contributed by atoms with Crippen molar-refractivity contribution in [2.75, 3.05) is 0 Å². The summed E-state index contributed by atoms with van der Waals surface area (Å²) in [6.07, 6.45) is 1.73. The van der Waals surface area contributed by atoms with Crippen LogP contribution in [-0.4, -0.2) is 31.5 Å². The number of amides is 1. The predicted molar refractivity (Wildman–Crippen MR) is 140 cm³/mol. The molecule has 0 radical (unpaired) electrons. The number of rotatable bonds is 3.